The van der Waals surface area contributed by atoms with E-state index in [9.17, 15) is 4.79 Å². The van der Waals surface area contributed by atoms with Gasteiger partial charge in [-0.3, -0.25) is 9.78 Å². The minimum absolute atomic E-state index is 0.0371. The second kappa shape index (κ2) is 6.73. The molecule has 0 bridgehead atoms. The lowest BCUT2D eigenvalue weighted by atomic mass is 9.96. The largest absolute Gasteiger partial charge is 0.303 e. The SMILES string of the molecule is CCCCC(c1ccccn1)N1C(=O)CCc2ccccc21. The molecule has 1 amide bonds. The molecule has 2 heterocycles. The van der Waals surface area contributed by atoms with Crippen molar-refractivity contribution in [2.24, 2.45) is 0 Å². The van der Waals surface area contributed by atoms with Crippen molar-refractivity contribution in [1.82, 2.24) is 4.98 Å². The molecule has 1 aromatic carbocycles. The zero-order valence-electron chi connectivity index (χ0n) is 13.0. The topological polar surface area (TPSA) is 33.2 Å². The van der Waals surface area contributed by atoms with E-state index in [4.69, 9.17) is 0 Å². The molecule has 1 atom stereocenters. The van der Waals surface area contributed by atoms with Crippen molar-refractivity contribution in [3.05, 3.63) is 59.9 Å². The lowest BCUT2D eigenvalue weighted by Gasteiger charge is -2.36. The minimum Gasteiger partial charge on any atom is -0.303 e. The number of benzene rings is 1. The highest BCUT2D eigenvalue weighted by molar-refractivity contribution is 5.97. The van der Waals surface area contributed by atoms with E-state index in [2.05, 4.69) is 30.1 Å². The quantitative estimate of drug-likeness (QED) is 0.824. The van der Waals surface area contributed by atoms with Crippen LogP contribution in [0.5, 0.6) is 0 Å². The van der Waals surface area contributed by atoms with E-state index >= 15 is 0 Å². The number of hydrogen-bond acceptors (Lipinski definition) is 2. The molecule has 114 valence electrons. The molecule has 0 saturated carbocycles. The summed E-state index contributed by atoms with van der Waals surface area (Å²) in [4.78, 5) is 19.1. The van der Waals surface area contributed by atoms with Crippen LogP contribution in [-0.4, -0.2) is 10.9 Å². The maximum absolute atomic E-state index is 12.6. The monoisotopic (exact) mass is 294 g/mol. The van der Waals surface area contributed by atoms with Crippen molar-refractivity contribution in [3.8, 4) is 0 Å². The summed E-state index contributed by atoms with van der Waals surface area (Å²) in [7, 11) is 0. The van der Waals surface area contributed by atoms with Gasteiger partial charge in [-0.25, -0.2) is 0 Å². The van der Waals surface area contributed by atoms with Crippen LogP contribution >= 0.6 is 0 Å². The first-order valence-electron chi connectivity index (χ1n) is 8.12. The number of carbonyl (C=O) groups is 1. The molecule has 0 radical (unpaired) electrons. The van der Waals surface area contributed by atoms with E-state index in [0.717, 1.165) is 37.1 Å². The summed E-state index contributed by atoms with van der Waals surface area (Å²) in [5, 5.41) is 0. The highest BCUT2D eigenvalue weighted by Crippen LogP contribution is 2.36. The van der Waals surface area contributed by atoms with Crippen molar-refractivity contribution in [2.45, 2.75) is 45.1 Å². The molecule has 0 fully saturated rings. The van der Waals surface area contributed by atoms with E-state index < -0.39 is 0 Å². The average molecular weight is 294 g/mol. The minimum atomic E-state index is 0.0371. The van der Waals surface area contributed by atoms with Gasteiger partial charge < -0.3 is 4.90 Å². The third-order valence-electron chi connectivity index (χ3n) is 4.30. The molecule has 1 aliphatic rings. The van der Waals surface area contributed by atoms with E-state index in [1.807, 2.05) is 35.4 Å². The Labute approximate surface area is 132 Å². The highest BCUT2D eigenvalue weighted by Gasteiger charge is 2.31. The summed E-state index contributed by atoms with van der Waals surface area (Å²) in [6.45, 7) is 2.18. The molecule has 0 saturated heterocycles. The highest BCUT2D eigenvalue weighted by atomic mass is 16.2. The lowest BCUT2D eigenvalue weighted by Crippen LogP contribution is -2.38. The Morgan fingerprint density at radius 3 is 2.73 bits per heavy atom. The van der Waals surface area contributed by atoms with E-state index in [1.54, 1.807) is 0 Å². The van der Waals surface area contributed by atoms with Gasteiger partial charge in [-0.05, 0) is 36.6 Å². The summed E-state index contributed by atoms with van der Waals surface area (Å²) >= 11 is 0. The molecule has 22 heavy (non-hydrogen) atoms. The Morgan fingerprint density at radius 2 is 1.95 bits per heavy atom. The Bertz CT molecular complexity index is 639. The van der Waals surface area contributed by atoms with Gasteiger partial charge in [-0.2, -0.15) is 0 Å². The number of pyridine rings is 1. The zero-order valence-corrected chi connectivity index (χ0v) is 13.0. The van der Waals surface area contributed by atoms with Crippen LogP contribution in [0, 0.1) is 0 Å². The van der Waals surface area contributed by atoms with Crippen molar-refractivity contribution in [2.75, 3.05) is 4.90 Å². The number of amides is 1. The summed E-state index contributed by atoms with van der Waals surface area (Å²) in [6, 6.07) is 14.3. The predicted molar refractivity (Wildman–Crippen MR) is 88.8 cm³/mol. The molecular formula is C19H22N2O. The van der Waals surface area contributed by atoms with Gasteiger partial charge in [0.1, 0.15) is 0 Å². The predicted octanol–water partition coefficient (Wildman–Crippen LogP) is 4.29. The first kappa shape index (κ1) is 14.8. The van der Waals surface area contributed by atoms with Gasteiger partial charge in [-0.15, -0.1) is 0 Å². The number of fused-ring (bicyclic) bond motifs is 1. The fraction of sp³-hybridized carbons (Fsp3) is 0.368. The molecule has 1 aromatic heterocycles. The molecule has 1 unspecified atom stereocenters. The van der Waals surface area contributed by atoms with Crippen molar-refractivity contribution in [1.29, 1.82) is 0 Å². The Balaban J connectivity index is 2.01. The summed E-state index contributed by atoms with van der Waals surface area (Å²) in [6.07, 6.45) is 6.41. The third kappa shape index (κ3) is 2.89. The van der Waals surface area contributed by atoms with Gasteiger partial charge in [0.25, 0.3) is 0 Å². The molecular weight excluding hydrogens is 272 g/mol. The number of anilines is 1. The summed E-state index contributed by atoms with van der Waals surface area (Å²) in [5.41, 5.74) is 3.31. The smallest absolute Gasteiger partial charge is 0.227 e. The number of unbranched alkanes of at least 4 members (excludes halogenated alkanes) is 1. The van der Waals surface area contributed by atoms with Gasteiger partial charge in [0.2, 0.25) is 5.91 Å². The Kier molecular flexibility index (Phi) is 4.52. The maximum Gasteiger partial charge on any atom is 0.227 e. The van der Waals surface area contributed by atoms with Crippen LogP contribution in [0.15, 0.2) is 48.7 Å². The van der Waals surface area contributed by atoms with Gasteiger partial charge in [0, 0.05) is 18.3 Å². The number of carbonyl (C=O) groups excluding carboxylic acids is 1. The number of aromatic nitrogens is 1. The number of aryl methyl sites for hydroxylation is 1. The Morgan fingerprint density at radius 1 is 1.14 bits per heavy atom. The molecule has 2 aromatic rings. The normalized spacial score (nSPS) is 15.5. The Hall–Kier alpha value is -2.16. The van der Waals surface area contributed by atoms with Crippen LogP contribution in [0.1, 0.15) is 49.9 Å². The van der Waals surface area contributed by atoms with Crippen LogP contribution in [0.25, 0.3) is 0 Å². The van der Waals surface area contributed by atoms with Crippen LogP contribution in [0.2, 0.25) is 0 Å². The standard InChI is InChI=1S/C19H22N2O/c1-2-3-10-18(16-9-6-7-14-20-16)21-17-11-5-4-8-15(17)12-13-19(21)22/h4-9,11,14,18H,2-3,10,12-13H2,1H3. The van der Waals surface area contributed by atoms with Gasteiger partial charge in [0.15, 0.2) is 0 Å². The molecule has 3 rings (SSSR count). The van der Waals surface area contributed by atoms with Gasteiger partial charge in [0.05, 0.1) is 11.7 Å². The zero-order chi connectivity index (χ0) is 15.4. The first-order valence-corrected chi connectivity index (χ1v) is 8.12. The second-order valence-corrected chi connectivity index (χ2v) is 5.81. The molecule has 3 heteroatoms. The molecule has 0 spiro atoms. The van der Waals surface area contributed by atoms with Gasteiger partial charge in [-0.1, -0.05) is 44.0 Å². The number of nitrogens with zero attached hydrogens (tertiary/aromatic N) is 2. The van der Waals surface area contributed by atoms with Crippen LogP contribution in [0.4, 0.5) is 5.69 Å². The maximum atomic E-state index is 12.6. The molecule has 1 aliphatic heterocycles. The molecule has 0 N–H and O–H groups in total. The number of rotatable bonds is 5. The van der Waals surface area contributed by atoms with E-state index in [-0.39, 0.29) is 11.9 Å². The molecule has 0 aliphatic carbocycles. The van der Waals surface area contributed by atoms with E-state index in [0.29, 0.717) is 6.42 Å². The summed E-state index contributed by atoms with van der Waals surface area (Å²) in [5.74, 6) is 0.213. The average Bonchev–Trinajstić information content (AvgIpc) is 2.58. The van der Waals surface area contributed by atoms with Crippen LogP contribution in [0.3, 0.4) is 0 Å². The second-order valence-electron chi connectivity index (χ2n) is 5.81. The van der Waals surface area contributed by atoms with Crippen molar-refractivity contribution >= 4 is 11.6 Å². The van der Waals surface area contributed by atoms with Crippen LogP contribution < -0.4 is 4.90 Å². The van der Waals surface area contributed by atoms with Crippen molar-refractivity contribution < 1.29 is 4.79 Å². The number of hydrogen-bond donors (Lipinski definition) is 0. The summed E-state index contributed by atoms with van der Waals surface area (Å²) < 4.78 is 0. The van der Waals surface area contributed by atoms with Gasteiger partial charge >= 0.3 is 0 Å². The van der Waals surface area contributed by atoms with Crippen molar-refractivity contribution in [3.63, 3.8) is 0 Å². The fourth-order valence-corrected chi connectivity index (χ4v) is 3.18. The first-order chi connectivity index (χ1) is 10.8. The third-order valence-corrected chi connectivity index (χ3v) is 4.30. The lowest BCUT2D eigenvalue weighted by molar-refractivity contribution is -0.119. The molecule has 3 nitrogen and oxygen atoms in total. The fourth-order valence-electron chi connectivity index (χ4n) is 3.18. The van der Waals surface area contributed by atoms with E-state index in [1.165, 1.54) is 5.56 Å². The number of para-hydroxylation sites is 1. The van der Waals surface area contributed by atoms with Crippen LogP contribution in [-0.2, 0) is 11.2 Å².